The Bertz CT molecular complexity index is 437. The average molecular weight is 288 g/mol. The summed E-state index contributed by atoms with van der Waals surface area (Å²) in [6, 6.07) is 3.34. The molecule has 0 bridgehead atoms. The van der Waals surface area contributed by atoms with Crippen LogP contribution in [-0.4, -0.2) is 55.9 Å². The van der Waals surface area contributed by atoms with Crippen LogP contribution in [0.4, 0.5) is 14.5 Å². The van der Waals surface area contributed by atoms with Crippen LogP contribution in [0.25, 0.3) is 0 Å². The van der Waals surface area contributed by atoms with Crippen LogP contribution < -0.4 is 5.32 Å². The fraction of sp³-hybridized carbons (Fsp3) is 0.462. The normalized spacial score (nSPS) is 12.5. The standard InChI is InChI=1S/C13H18F2N2O3/c1-17(6-9(18)8-20-2)7-12(19)16-13-10(14)4-3-5-11(13)15/h3-5,9,18H,6-8H2,1-2H3,(H,16,19). The van der Waals surface area contributed by atoms with Crippen molar-refractivity contribution in [2.24, 2.45) is 0 Å². The van der Waals surface area contributed by atoms with E-state index in [1.54, 1.807) is 7.05 Å². The number of nitrogens with zero attached hydrogens (tertiary/aromatic N) is 1. The van der Waals surface area contributed by atoms with Crippen molar-refractivity contribution >= 4 is 11.6 Å². The number of likely N-dealkylation sites (N-methyl/N-ethyl adjacent to an activating group) is 1. The van der Waals surface area contributed by atoms with Crippen LogP contribution in [0.15, 0.2) is 18.2 Å². The Balaban J connectivity index is 2.51. The van der Waals surface area contributed by atoms with Crippen LogP contribution in [0.5, 0.6) is 0 Å². The molecule has 1 aromatic rings. The predicted octanol–water partition coefficient (Wildman–Crippen LogP) is 0.842. The molecule has 1 rings (SSSR count). The van der Waals surface area contributed by atoms with Crippen LogP contribution in [0.2, 0.25) is 0 Å². The summed E-state index contributed by atoms with van der Waals surface area (Å²) in [5.74, 6) is -2.23. The molecular weight excluding hydrogens is 270 g/mol. The molecular formula is C13H18F2N2O3. The number of benzene rings is 1. The van der Waals surface area contributed by atoms with E-state index in [0.29, 0.717) is 0 Å². The van der Waals surface area contributed by atoms with Gasteiger partial charge < -0.3 is 15.2 Å². The van der Waals surface area contributed by atoms with Gasteiger partial charge in [-0.15, -0.1) is 0 Å². The highest BCUT2D eigenvalue weighted by Crippen LogP contribution is 2.17. The van der Waals surface area contributed by atoms with Gasteiger partial charge in [-0.25, -0.2) is 8.78 Å². The predicted molar refractivity (Wildman–Crippen MR) is 70.4 cm³/mol. The van der Waals surface area contributed by atoms with E-state index in [-0.39, 0.29) is 19.7 Å². The number of rotatable bonds is 7. The molecule has 0 spiro atoms. The monoisotopic (exact) mass is 288 g/mol. The Kier molecular flexibility index (Phi) is 6.50. The Morgan fingerprint density at radius 3 is 2.60 bits per heavy atom. The van der Waals surface area contributed by atoms with E-state index in [4.69, 9.17) is 4.74 Å². The van der Waals surface area contributed by atoms with Crippen molar-refractivity contribution in [3.05, 3.63) is 29.8 Å². The van der Waals surface area contributed by atoms with Crippen molar-refractivity contribution in [1.29, 1.82) is 0 Å². The molecule has 0 aromatic heterocycles. The molecule has 0 heterocycles. The molecule has 0 saturated carbocycles. The van der Waals surface area contributed by atoms with Gasteiger partial charge in [-0.05, 0) is 19.2 Å². The number of hydrogen-bond donors (Lipinski definition) is 2. The van der Waals surface area contributed by atoms with Gasteiger partial charge in [0.1, 0.15) is 17.3 Å². The zero-order chi connectivity index (χ0) is 15.1. The van der Waals surface area contributed by atoms with Crippen molar-refractivity contribution in [1.82, 2.24) is 4.90 Å². The number of aliphatic hydroxyl groups is 1. The summed E-state index contributed by atoms with van der Waals surface area (Å²) in [5.41, 5.74) is -0.469. The first-order valence-corrected chi connectivity index (χ1v) is 6.03. The van der Waals surface area contributed by atoms with E-state index in [1.807, 2.05) is 0 Å². The minimum absolute atomic E-state index is 0.103. The van der Waals surface area contributed by atoms with Crippen molar-refractivity contribution in [3.8, 4) is 0 Å². The Morgan fingerprint density at radius 2 is 2.05 bits per heavy atom. The lowest BCUT2D eigenvalue weighted by atomic mass is 10.3. The number of para-hydroxylation sites is 1. The summed E-state index contributed by atoms with van der Waals surface area (Å²) in [6.07, 6.45) is -0.733. The number of nitrogens with one attached hydrogen (secondary N) is 1. The van der Waals surface area contributed by atoms with Crippen LogP contribution in [-0.2, 0) is 9.53 Å². The molecule has 0 aliphatic heterocycles. The zero-order valence-electron chi connectivity index (χ0n) is 11.4. The number of methoxy groups -OCH3 is 1. The molecule has 2 N–H and O–H groups in total. The van der Waals surface area contributed by atoms with Gasteiger partial charge in [0.15, 0.2) is 0 Å². The second kappa shape index (κ2) is 7.88. The van der Waals surface area contributed by atoms with E-state index in [9.17, 15) is 18.7 Å². The van der Waals surface area contributed by atoms with Crippen LogP contribution in [0.1, 0.15) is 0 Å². The molecule has 7 heteroatoms. The molecule has 112 valence electrons. The van der Waals surface area contributed by atoms with Gasteiger partial charge in [0.2, 0.25) is 5.91 Å². The second-order valence-corrected chi connectivity index (χ2v) is 4.45. The maximum absolute atomic E-state index is 13.3. The van der Waals surface area contributed by atoms with Crippen LogP contribution in [0.3, 0.4) is 0 Å². The topological polar surface area (TPSA) is 61.8 Å². The molecule has 1 amide bonds. The van der Waals surface area contributed by atoms with Crippen molar-refractivity contribution < 1.29 is 23.4 Å². The molecule has 0 fully saturated rings. The van der Waals surface area contributed by atoms with Gasteiger partial charge in [-0.2, -0.15) is 0 Å². The van der Waals surface area contributed by atoms with Crippen LogP contribution >= 0.6 is 0 Å². The fourth-order valence-corrected chi connectivity index (χ4v) is 1.71. The first-order chi connectivity index (χ1) is 9.43. The van der Waals surface area contributed by atoms with Gasteiger partial charge in [-0.3, -0.25) is 9.69 Å². The highest BCUT2D eigenvalue weighted by Gasteiger charge is 2.15. The molecule has 0 saturated heterocycles. The maximum atomic E-state index is 13.3. The number of anilines is 1. The van der Waals surface area contributed by atoms with Crippen molar-refractivity contribution in [2.75, 3.05) is 39.2 Å². The molecule has 0 aliphatic carbocycles. The van der Waals surface area contributed by atoms with Crippen molar-refractivity contribution in [2.45, 2.75) is 6.10 Å². The number of amides is 1. The maximum Gasteiger partial charge on any atom is 0.238 e. The van der Waals surface area contributed by atoms with Gasteiger partial charge in [0.05, 0.1) is 19.3 Å². The summed E-state index contributed by atoms with van der Waals surface area (Å²) in [7, 11) is 3.06. The number of halogens is 2. The minimum atomic E-state index is -0.833. The molecule has 20 heavy (non-hydrogen) atoms. The number of ether oxygens (including phenoxy) is 1. The van der Waals surface area contributed by atoms with Crippen LogP contribution in [0, 0.1) is 11.6 Å². The highest BCUT2D eigenvalue weighted by atomic mass is 19.1. The van der Waals surface area contributed by atoms with Gasteiger partial charge in [0.25, 0.3) is 0 Å². The summed E-state index contributed by atoms with van der Waals surface area (Å²) >= 11 is 0. The van der Waals surface area contributed by atoms with E-state index < -0.39 is 29.3 Å². The van der Waals surface area contributed by atoms with Gasteiger partial charge in [0, 0.05) is 13.7 Å². The van der Waals surface area contributed by atoms with E-state index in [0.717, 1.165) is 12.1 Å². The largest absolute Gasteiger partial charge is 0.389 e. The molecule has 0 radical (unpaired) electrons. The van der Waals surface area contributed by atoms with Gasteiger partial charge in [-0.1, -0.05) is 6.07 Å². The zero-order valence-corrected chi connectivity index (χ0v) is 11.4. The molecule has 1 aromatic carbocycles. The number of hydrogen-bond acceptors (Lipinski definition) is 4. The summed E-state index contributed by atoms with van der Waals surface area (Å²) in [5, 5.41) is 11.7. The Labute approximate surface area is 116 Å². The van der Waals surface area contributed by atoms with E-state index in [1.165, 1.54) is 18.1 Å². The lowest BCUT2D eigenvalue weighted by Gasteiger charge is -2.19. The SMILES string of the molecule is COCC(O)CN(C)CC(=O)Nc1c(F)cccc1F. The first-order valence-electron chi connectivity index (χ1n) is 6.03. The summed E-state index contributed by atoms with van der Waals surface area (Å²) < 4.78 is 31.4. The smallest absolute Gasteiger partial charge is 0.238 e. The minimum Gasteiger partial charge on any atom is -0.389 e. The third-order valence-corrected chi connectivity index (χ3v) is 2.52. The third-order valence-electron chi connectivity index (χ3n) is 2.52. The second-order valence-electron chi connectivity index (χ2n) is 4.45. The number of aliphatic hydroxyl groups excluding tert-OH is 1. The highest BCUT2D eigenvalue weighted by molar-refractivity contribution is 5.92. The molecule has 1 atom stereocenters. The summed E-state index contributed by atoms with van der Waals surface area (Å²) in [6.45, 7) is 0.253. The lowest BCUT2D eigenvalue weighted by Crippen LogP contribution is -2.37. The van der Waals surface area contributed by atoms with Gasteiger partial charge >= 0.3 is 0 Å². The fourth-order valence-electron chi connectivity index (χ4n) is 1.71. The van der Waals surface area contributed by atoms with E-state index in [2.05, 4.69) is 5.32 Å². The molecule has 0 aliphatic rings. The number of carbonyl (C=O) groups excluding carboxylic acids is 1. The molecule has 1 unspecified atom stereocenters. The van der Waals surface area contributed by atoms with E-state index >= 15 is 0 Å². The summed E-state index contributed by atoms with van der Waals surface area (Å²) in [4.78, 5) is 13.2. The number of carbonyl (C=O) groups is 1. The first kappa shape index (κ1) is 16.5. The average Bonchev–Trinajstić information content (AvgIpc) is 2.34. The third kappa shape index (κ3) is 5.20. The van der Waals surface area contributed by atoms with Crippen molar-refractivity contribution in [3.63, 3.8) is 0 Å². The lowest BCUT2D eigenvalue weighted by molar-refractivity contribution is -0.117. The Hall–Kier alpha value is -1.57. The molecule has 5 nitrogen and oxygen atoms in total. The Morgan fingerprint density at radius 1 is 1.45 bits per heavy atom. The quantitative estimate of drug-likeness (QED) is 0.780.